The van der Waals surface area contributed by atoms with E-state index in [0.717, 1.165) is 5.39 Å². The van der Waals surface area contributed by atoms with Crippen molar-refractivity contribution in [2.24, 2.45) is 0 Å². The first-order valence-corrected chi connectivity index (χ1v) is 7.21. The van der Waals surface area contributed by atoms with Gasteiger partial charge in [-0.1, -0.05) is 30.3 Å². The van der Waals surface area contributed by atoms with Crippen LogP contribution in [-0.4, -0.2) is 27.0 Å². The number of esters is 1. The highest BCUT2D eigenvalue weighted by molar-refractivity contribution is 6.21. The Kier molecular flexibility index (Phi) is 4.11. The Morgan fingerprint density at radius 3 is 2.58 bits per heavy atom. The number of aliphatic carboxylic acids is 1. The van der Waals surface area contributed by atoms with Gasteiger partial charge in [0.25, 0.3) is 0 Å². The van der Waals surface area contributed by atoms with Gasteiger partial charge in [0.1, 0.15) is 5.65 Å². The minimum absolute atomic E-state index is 0.181. The van der Waals surface area contributed by atoms with E-state index in [1.165, 1.54) is 6.92 Å². The van der Waals surface area contributed by atoms with Crippen molar-refractivity contribution in [3.05, 3.63) is 59.8 Å². The molecule has 0 spiro atoms. The first-order chi connectivity index (χ1) is 11.5. The van der Waals surface area contributed by atoms with Crippen molar-refractivity contribution in [3.8, 4) is 5.88 Å². The third-order valence-electron chi connectivity index (χ3n) is 3.41. The summed E-state index contributed by atoms with van der Waals surface area (Å²) >= 11 is 0. The summed E-state index contributed by atoms with van der Waals surface area (Å²) < 4.78 is 4.94. The fraction of sp³-hybridized carbons (Fsp3) is 0.0556. The maximum atomic E-state index is 11.6. The third-order valence-corrected chi connectivity index (χ3v) is 3.41. The Morgan fingerprint density at radius 1 is 1.17 bits per heavy atom. The molecule has 0 amide bonds. The van der Waals surface area contributed by atoms with E-state index in [1.807, 2.05) is 6.07 Å². The van der Waals surface area contributed by atoms with E-state index in [9.17, 15) is 14.7 Å². The number of fused-ring (bicyclic) bond motifs is 1. The smallest absolute Gasteiger partial charge is 0.336 e. The lowest BCUT2D eigenvalue weighted by Gasteiger charge is -2.03. The van der Waals surface area contributed by atoms with Crippen molar-refractivity contribution < 1.29 is 19.4 Å². The maximum Gasteiger partial charge on any atom is 0.336 e. The average molecular weight is 322 g/mol. The predicted molar refractivity (Wildman–Crippen MR) is 89.4 cm³/mol. The molecule has 0 atom stereocenters. The number of carbonyl (C=O) groups excluding carboxylic acids is 1. The van der Waals surface area contributed by atoms with E-state index in [1.54, 1.807) is 48.7 Å². The second-order valence-corrected chi connectivity index (χ2v) is 5.11. The molecule has 6 nitrogen and oxygen atoms in total. The number of aromatic amines is 1. The number of nitrogens with one attached hydrogen (secondary N) is 1. The van der Waals surface area contributed by atoms with Gasteiger partial charge in [0.2, 0.25) is 5.88 Å². The first kappa shape index (κ1) is 15.5. The van der Waals surface area contributed by atoms with Crippen LogP contribution in [0.15, 0.2) is 48.7 Å². The minimum atomic E-state index is -1.01. The van der Waals surface area contributed by atoms with E-state index in [-0.39, 0.29) is 11.5 Å². The summed E-state index contributed by atoms with van der Waals surface area (Å²) in [6, 6.07) is 12.2. The van der Waals surface area contributed by atoms with Gasteiger partial charge in [-0.25, -0.2) is 4.79 Å². The summed E-state index contributed by atoms with van der Waals surface area (Å²) in [6.45, 7) is 1.30. The van der Waals surface area contributed by atoms with Crippen LogP contribution in [-0.2, 0) is 9.59 Å². The molecule has 1 aromatic carbocycles. The zero-order valence-electron chi connectivity index (χ0n) is 12.8. The molecule has 3 rings (SSSR count). The van der Waals surface area contributed by atoms with Crippen LogP contribution in [0.4, 0.5) is 0 Å². The minimum Gasteiger partial charge on any atom is -0.478 e. The molecule has 2 aromatic heterocycles. The summed E-state index contributed by atoms with van der Waals surface area (Å²) in [6.07, 6.45) is 3.25. The molecule has 0 radical (unpaired) electrons. The van der Waals surface area contributed by atoms with Gasteiger partial charge in [0.05, 0.1) is 5.57 Å². The molecule has 0 saturated carbocycles. The van der Waals surface area contributed by atoms with Gasteiger partial charge in [-0.3, -0.25) is 4.79 Å². The third kappa shape index (κ3) is 3.17. The van der Waals surface area contributed by atoms with E-state index >= 15 is 0 Å². The maximum absolute atomic E-state index is 11.6. The number of pyridine rings is 1. The monoisotopic (exact) mass is 322 g/mol. The van der Waals surface area contributed by atoms with Crippen molar-refractivity contribution in [2.75, 3.05) is 0 Å². The molecule has 0 saturated heterocycles. The fourth-order valence-electron chi connectivity index (χ4n) is 2.37. The lowest BCUT2D eigenvalue weighted by atomic mass is 10.0. The molecular weight excluding hydrogens is 308 g/mol. The number of benzene rings is 1. The molecule has 24 heavy (non-hydrogen) atoms. The highest BCUT2D eigenvalue weighted by Gasteiger charge is 2.12. The zero-order valence-corrected chi connectivity index (χ0v) is 12.8. The number of hydrogen-bond acceptors (Lipinski definition) is 4. The van der Waals surface area contributed by atoms with Gasteiger partial charge in [-0.15, -0.1) is 0 Å². The van der Waals surface area contributed by atoms with E-state index in [2.05, 4.69) is 9.97 Å². The summed E-state index contributed by atoms with van der Waals surface area (Å²) in [5, 5.41) is 10.2. The Labute approximate surface area is 137 Å². The van der Waals surface area contributed by atoms with Gasteiger partial charge in [-0.2, -0.15) is 4.98 Å². The van der Waals surface area contributed by atoms with Crippen LogP contribution in [0.3, 0.4) is 0 Å². The Morgan fingerprint density at radius 2 is 1.92 bits per heavy atom. The molecule has 0 aliphatic rings. The highest BCUT2D eigenvalue weighted by atomic mass is 16.5. The van der Waals surface area contributed by atoms with E-state index < -0.39 is 11.9 Å². The predicted octanol–water partition coefficient (Wildman–Crippen LogP) is 3.11. The van der Waals surface area contributed by atoms with Gasteiger partial charge >= 0.3 is 11.9 Å². The quantitative estimate of drug-likeness (QED) is 0.569. The van der Waals surface area contributed by atoms with Gasteiger partial charge in [0, 0.05) is 30.1 Å². The van der Waals surface area contributed by atoms with Crippen molar-refractivity contribution in [2.45, 2.75) is 6.92 Å². The van der Waals surface area contributed by atoms with Crippen molar-refractivity contribution in [3.63, 3.8) is 0 Å². The van der Waals surface area contributed by atoms with Crippen LogP contribution in [0.25, 0.3) is 22.7 Å². The molecule has 2 N–H and O–H groups in total. The molecule has 0 bridgehead atoms. The summed E-state index contributed by atoms with van der Waals surface area (Å²) in [4.78, 5) is 29.7. The standard InChI is InChI=1S/C18H14N2O4/c1-11(21)24-16-8-7-14-13(10-19-17(14)20-16)9-15(18(22)23)12-5-3-2-4-6-12/h2-10H,1H3,(H,19,20)(H,22,23). The SMILES string of the molecule is CC(=O)Oc1ccc2c(C=C(C(=O)O)c3ccccc3)c[nH]c2n1. The van der Waals surface area contributed by atoms with Crippen LogP contribution in [0.2, 0.25) is 0 Å². The van der Waals surface area contributed by atoms with Gasteiger partial charge in [0.15, 0.2) is 0 Å². The molecule has 0 unspecified atom stereocenters. The molecule has 0 aliphatic heterocycles. The normalized spacial score (nSPS) is 11.5. The van der Waals surface area contributed by atoms with Gasteiger partial charge < -0.3 is 14.8 Å². The zero-order chi connectivity index (χ0) is 17.1. The Hall–Kier alpha value is -3.41. The molecule has 2 heterocycles. The lowest BCUT2D eigenvalue weighted by Crippen LogP contribution is -2.02. The molecule has 3 aromatic rings. The number of carboxylic acid groups (broad SMARTS) is 1. The first-order valence-electron chi connectivity index (χ1n) is 7.21. The van der Waals surface area contributed by atoms with E-state index in [4.69, 9.17) is 4.74 Å². The second-order valence-electron chi connectivity index (χ2n) is 5.11. The number of ether oxygens (including phenoxy) is 1. The van der Waals surface area contributed by atoms with Crippen molar-refractivity contribution >= 4 is 34.6 Å². The van der Waals surface area contributed by atoms with Gasteiger partial charge in [-0.05, 0) is 17.7 Å². The fourth-order valence-corrected chi connectivity index (χ4v) is 2.37. The second kappa shape index (κ2) is 6.37. The summed E-state index contributed by atoms with van der Waals surface area (Å²) in [7, 11) is 0. The molecule has 6 heteroatoms. The summed E-state index contributed by atoms with van der Waals surface area (Å²) in [5.74, 6) is -1.28. The van der Waals surface area contributed by atoms with Crippen LogP contribution in [0.5, 0.6) is 5.88 Å². The topological polar surface area (TPSA) is 92.3 Å². The Bertz CT molecular complexity index is 942. The van der Waals surface area contributed by atoms with Crippen LogP contribution in [0, 0.1) is 0 Å². The highest BCUT2D eigenvalue weighted by Crippen LogP contribution is 2.25. The molecular formula is C18H14N2O4. The largest absolute Gasteiger partial charge is 0.478 e. The number of hydrogen-bond donors (Lipinski definition) is 2. The van der Waals surface area contributed by atoms with Crippen LogP contribution in [0.1, 0.15) is 18.1 Å². The van der Waals surface area contributed by atoms with E-state index in [0.29, 0.717) is 16.8 Å². The average Bonchev–Trinajstić information content (AvgIpc) is 2.94. The molecule has 0 fully saturated rings. The Balaban J connectivity index is 2.05. The number of carboxylic acids is 1. The van der Waals surface area contributed by atoms with Crippen molar-refractivity contribution in [1.82, 2.24) is 9.97 Å². The lowest BCUT2D eigenvalue weighted by molar-refractivity contribution is -0.132. The van der Waals surface area contributed by atoms with Crippen LogP contribution < -0.4 is 4.74 Å². The number of nitrogens with zero attached hydrogens (tertiary/aromatic N) is 1. The van der Waals surface area contributed by atoms with Crippen LogP contribution >= 0.6 is 0 Å². The number of carbonyl (C=O) groups is 2. The number of rotatable bonds is 4. The number of H-pyrrole nitrogens is 1. The number of aromatic nitrogens is 2. The molecule has 120 valence electrons. The van der Waals surface area contributed by atoms with Crippen molar-refractivity contribution in [1.29, 1.82) is 0 Å². The summed E-state index contributed by atoms with van der Waals surface area (Å²) in [5.41, 5.74) is 2.00. The molecule has 0 aliphatic carbocycles.